The maximum absolute atomic E-state index is 12.9. The number of nitrogen functional groups attached to an aromatic ring is 1. The predicted molar refractivity (Wildman–Crippen MR) is 123 cm³/mol. The van der Waals surface area contributed by atoms with Gasteiger partial charge in [0.2, 0.25) is 0 Å². The van der Waals surface area contributed by atoms with E-state index in [4.69, 9.17) is 27.5 Å². The third-order valence-electron chi connectivity index (χ3n) is 5.57. The van der Waals surface area contributed by atoms with Crippen LogP contribution in [0.15, 0.2) is 21.8 Å². The molecular formula is C19H22N5NaO5S3. The van der Waals surface area contributed by atoms with Crippen LogP contribution in [-0.4, -0.2) is 70.0 Å². The molecule has 33 heavy (non-hydrogen) atoms. The van der Waals surface area contributed by atoms with Gasteiger partial charge in [-0.05, 0) is 35.8 Å². The van der Waals surface area contributed by atoms with Crippen molar-refractivity contribution in [2.24, 2.45) is 11.1 Å². The minimum Gasteiger partial charge on any atom is -0.863 e. The van der Waals surface area contributed by atoms with E-state index in [2.05, 4.69) is 15.5 Å². The second-order valence-corrected chi connectivity index (χ2v) is 9.92. The van der Waals surface area contributed by atoms with Crippen LogP contribution in [0, 0.1) is 5.92 Å². The van der Waals surface area contributed by atoms with Crippen molar-refractivity contribution in [3.63, 3.8) is 0 Å². The number of hydrogen-bond acceptors (Lipinski definition) is 11. The molecule has 1 aromatic heterocycles. The number of nitrogens with zero attached hydrogens (tertiary/aromatic N) is 3. The predicted octanol–water partition coefficient (Wildman–Crippen LogP) is -2.76. The normalized spacial score (nSPS) is 23.4. The molecule has 2 amide bonds. The van der Waals surface area contributed by atoms with Gasteiger partial charge in [0.1, 0.15) is 24.2 Å². The van der Waals surface area contributed by atoms with Gasteiger partial charge in [-0.1, -0.05) is 17.4 Å². The van der Waals surface area contributed by atoms with E-state index in [-0.39, 0.29) is 52.0 Å². The molecule has 1 aromatic rings. The van der Waals surface area contributed by atoms with Crippen LogP contribution in [0.1, 0.15) is 25.0 Å². The quantitative estimate of drug-likeness (QED) is 0.129. The number of thiocarbonyl (C=S) groups is 1. The first-order chi connectivity index (χ1) is 15.4. The molecule has 3 N–H and O–H groups in total. The molecule has 0 spiro atoms. The fourth-order valence-corrected chi connectivity index (χ4v) is 6.18. The fraction of sp³-hybridized carbons (Fsp3) is 0.526. The number of hydrogen-bond donors (Lipinski definition) is 2. The molecule has 10 nitrogen and oxygen atoms in total. The van der Waals surface area contributed by atoms with Gasteiger partial charge in [0.25, 0.3) is 11.8 Å². The van der Waals surface area contributed by atoms with Gasteiger partial charge in [-0.25, -0.2) is 4.98 Å². The Morgan fingerprint density at radius 3 is 2.82 bits per heavy atom. The molecule has 2 atom stereocenters. The van der Waals surface area contributed by atoms with Crippen molar-refractivity contribution in [3.8, 4) is 0 Å². The molecule has 172 valence electrons. The zero-order chi connectivity index (χ0) is 22.8. The summed E-state index contributed by atoms with van der Waals surface area (Å²) in [5, 5.41) is 19.6. The van der Waals surface area contributed by atoms with Gasteiger partial charge in [-0.15, -0.1) is 23.1 Å². The smallest absolute Gasteiger partial charge is 0.863 e. The number of nitrogens with one attached hydrogen (secondary N) is 1. The van der Waals surface area contributed by atoms with Crippen molar-refractivity contribution < 1.29 is 53.8 Å². The number of thiazole rings is 1. The van der Waals surface area contributed by atoms with E-state index in [1.54, 1.807) is 5.38 Å². The van der Waals surface area contributed by atoms with Crippen LogP contribution in [0.4, 0.5) is 5.13 Å². The molecule has 0 aromatic carbocycles. The molecule has 4 rings (SSSR count). The van der Waals surface area contributed by atoms with Crippen LogP contribution >= 0.6 is 35.3 Å². The Hall–Kier alpha value is -1.22. The summed E-state index contributed by atoms with van der Waals surface area (Å²) >= 11 is 7.63. The van der Waals surface area contributed by atoms with Gasteiger partial charge in [0.05, 0.1) is 0 Å². The maximum atomic E-state index is 12.9. The maximum Gasteiger partial charge on any atom is 1.00 e. The number of oxime groups is 1. The van der Waals surface area contributed by atoms with Crippen LogP contribution in [0.3, 0.4) is 0 Å². The molecule has 0 saturated carbocycles. The Morgan fingerprint density at radius 1 is 1.48 bits per heavy atom. The number of thioether (sulfide) groups is 1. The average molecular weight is 520 g/mol. The third-order valence-corrected chi connectivity index (χ3v) is 7.77. The second kappa shape index (κ2) is 11.5. The van der Waals surface area contributed by atoms with E-state index in [1.165, 1.54) is 23.8 Å². The topological polar surface area (TPSA) is 142 Å². The van der Waals surface area contributed by atoms with E-state index in [0.29, 0.717) is 30.6 Å². The molecule has 1 unspecified atom stereocenters. The molecule has 0 radical (unpaired) electrons. The van der Waals surface area contributed by atoms with Gasteiger partial charge in [-0.3, -0.25) is 14.5 Å². The van der Waals surface area contributed by atoms with Crippen molar-refractivity contribution in [2.45, 2.75) is 30.7 Å². The molecule has 3 aliphatic rings. The number of ether oxygens (including phenoxy) is 1. The first-order valence-electron chi connectivity index (χ1n) is 9.99. The molecule has 14 heteroatoms. The Bertz CT molecular complexity index is 994. The number of β-lactam (4-membered cyclic amide) rings is 1. The summed E-state index contributed by atoms with van der Waals surface area (Å²) in [4.78, 5) is 36.0. The first kappa shape index (κ1) is 26.4. The number of carbonyl (C=O) groups excluding carboxylic acids is 2. The van der Waals surface area contributed by atoms with Crippen molar-refractivity contribution >= 4 is 63.0 Å². The Balaban J connectivity index is 0.00000306. The number of aromatic nitrogens is 1. The minimum absolute atomic E-state index is 0. The zero-order valence-corrected chi connectivity index (χ0v) is 22.7. The number of anilines is 1. The van der Waals surface area contributed by atoms with E-state index in [9.17, 15) is 14.7 Å². The van der Waals surface area contributed by atoms with E-state index >= 15 is 0 Å². The molecule has 2 fully saturated rings. The number of nitrogens with two attached hydrogens (primary N) is 1. The van der Waals surface area contributed by atoms with Crippen LogP contribution in [0.25, 0.3) is 0 Å². The van der Waals surface area contributed by atoms with E-state index in [0.717, 1.165) is 36.2 Å². The number of carbonyl (C=O) groups is 2. The van der Waals surface area contributed by atoms with Crippen molar-refractivity contribution in [1.29, 1.82) is 0 Å². The minimum atomic E-state index is -0.806. The van der Waals surface area contributed by atoms with Gasteiger partial charge in [0.15, 0.2) is 10.8 Å². The Morgan fingerprint density at radius 2 is 2.21 bits per heavy atom. The van der Waals surface area contributed by atoms with Crippen molar-refractivity contribution in [2.75, 3.05) is 31.8 Å². The molecular weight excluding hydrogens is 497 g/mol. The van der Waals surface area contributed by atoms with E-state index < -0.39 is 22.4 Å². The number of amides is 2. The summed E-state index contributed by atoms with van der Waals surface area (Å²) in [6.07, 6.45) is 2.56. The Kier molecular flexibility index (Phi) is 9.17. The summed E-state index contributed by atoms with van der Waals surface area (Å²) in [5.41, 5.74) is 7.02. The molecule has 0 bridgehead atoms. The van der Waals surface area contributed by atoms with Gasteiger partial charge in [-0.2, -0.15) is 0 Å². The summed E-state index contributed by atoms with van der Waals surface area (Å²) in [6.45, 7) is 1.41. The third kappa shape index (κ3) is 5.55. The largest absolute Gasteiger partial charge is 1.00 e. The van der Waals surface area contributed by atoms with Crippen molar-refractivity contribution in [1.82, 2.24) is 15.2 Å². The molecule has 0 aliphatic carbocycles. The van der Waals surface area contributed by atoms with E-state index in [1.807, 2.05) is 0 Å². The second-order valence-electron chi connectivity index (χ2n) is 7.55. The van der Waals surface area contributed by atoms with Gasteiger partial charge in [0, 0.05) is 30.0 Å². The fourth-order valence-electron chi connectivity index (χ4n) is 4.03. The van der Waals surface area contributed by atoms with Crippen LogP contribution in [-0.2, 0) is 19.2 Å². The summed E-state index contributed by atoms with van der Waals surface area (Å²) in [5.74, 6) is 0.00426. The number of fused-ring (bicyclic) bond motifs is 1. The molecule has 3 aliphatic heterocycles. The summed E-state index contributed by atoms with van der Waals surface area (Å²) < 4.78 is 5.41. The molecule has 4 heterocycles. The zero-order valence-electron chi connectivity index (χ0n) is 18.2. The number of rotatable bonds is 7. The Labute approximate surface area is 226 Å². The standard InChI is InChI=1S/C19H23N5O5S3.Na/c1-28-23-12(11-8-32-19(20)21-11)15(25)22-13-16(26)24-14(18(27)30)10(7-31-17(13)24)6-9-2-4-29-5-3-9;/h8-9,13,17H,2-7H2,1H3,(H2,20,21)(H,22,25)(H,27,30);/q;+1/p-1/b23-12-;/t13?,17-;/m1./s1. The average Bonchev–Trinajstić information content (AvgIpc) is 3.21. The van der Waals surface area contributed by atoms with Crippen molar-refractivity contribution in [3.05, 3.63) is 22.3 Å². The first-order valence-corrected chi connectivity index (χ1v) is 12.3. The SMILES string of the molecule is CO/N=C(\C(=O)NC1C(=O)N2C(C([O-])=S)=C(CC3CCOCC3)CS[C@H]12)c1csc(N)n1.[Na+]. The van der Waals surface area contributed by atoms with Crippen LogP contribution in [0.2, 0.25) is 0 Å². The van der Waals surface area contributed by atoms with Crippen LogP contribution < -0.4 is 45.7 Å². The van der Waals surface area contributed by atoms with Gasteiger partial charge < -0.3 is 25.7 Å². The summed E-state index contributed by atoms with van der Waals surface area (Å²) in [6, 6.07) is -0.806. The van der Waals surface area contributed by atoms with Gasteiger partial charge >= 0.3 is 29.6 Å². The summed E-state index contributed by atoms with van der Waals surface area (Å²) in [7, 11) is 1.31. The van der Waals surface area contributed by atoms with Crippen LogP contribution in [0.5, 0.6) is 0 Å². The molecule has 2 saturated heterocycles. The monoisotopic (exact) mass is 519 g/mol.